The van der Waals surface area contributed by atoms with Crippen molar-refractivity contribution in [3.63, 3.8) is 0 Å². The van der Waals surface area contributed by atoms with Crippen LogP contribution < -0.4 is 5.56 Å². The van der Waals surface area contributed by atoms with E-state index in [-0.39, 0.29) is 29.7 Å². The molecule has 0 unspecified atom stereocenters. The molecular formula is C22H28N4O4S. The van der Waals surface area contributed by atoms with Crippen LogP contribution in [0.3, 0.4) is 0 Å². The second-order valence-corrected chi connectivity index (χ2v) is 10.6. The number of aromatic nitrogens is 2. The zero-order valence-electron chi connectivity index (χ0n) is 17.9. The minimum Gasteiger partial charge on any atom is -0.342 e. The minimum atomic E-state index is -3.34. The van der Waals surface area contributed by atoms with E-state index >= 15 is 0 Å². The van der Waals surface area contributed by atoms with Gasteiger partial charge in [-0.05, 0) is 25.8 Å². The summed E-state index contributed by atoms with van der Waals surface area (Å²) in [5.74, 6) is 0.673. The highest BCUT2D eigenvalue weighted by molar-refractivity contribution is 7.89. The standard InChI is InChI=1S/C22H28N4O4S/c1-3-31(29,30)26-10-8-19-18(14-26)22(28)24-21(23-19)17-7-9-25(13-17)20(27)12-16-6-4-5-15(2)11-16/h4-6,11,17H,3,7-10,12-14H2,1-2H3,(H,23,24,28)/t17-/m1/s1. The third kappa shape index (κ3) is 4.57. The number of hydrogen-bond donors (Lipinski definition) is 1. The fraction of sp³-hybridized carbons (Fsp3) is 0.500. The molecule has 1 saturated heterocycles. The average molecular weight is 445 g/mol. The predicted octanol–water partition coefficient (Wildman–Crippen LogP) is 1.34. The minimum absolute atomic E-state index is 0.0141. The molecule has 1 atom stereocenters. The molecule has 0 bridgehead atoms. The third-order valence-electron chi connectivity index (χ3n) is 6.18. The maximum Gasteiger partial charge on any atom is 0.255 e. The number of amides is 1. The van der Waals surface area contributed by atoms with Crippen LogP contribution in [0.15, 0.2) is 29.1 Å². The first-order valence-electron chi connectivity index (χ1n) is 10.7. The number of aryl methyl sites for hydroxylation is 1. The molecule has 1 aromatic carbocycles. The fourth-order valence-electron chi connectivity index (χ4n) is 4.35. The molecule has 4 rings (SSSR count). The van der Waals surface area contributed by atoms with Gasteiger partial charge in [0.15, 0.2) is 0 Å². The Morgan fingerprint density at radius 3 is 2.84 bits per heavy atom. The van der Waals surface area contributed by atoms with Crippen molar-refractivity contribution in [2.45, 2.75) is 45.6 Å². The van der Waals surface area contributed by atoms with Crippen LogP contribution in [-0.4, -0.2) is 58.9 Å². The van der Waals surface area contributed by atoms with Crippen molar-refractivity contribution in [1.82, 2.24) is 19.2 Å². The van der Waals surface area contributed by atoms with E-state index in [2.05, 4.69) is 9.97 Å². The molecule has 0 aliphatic carbocycles. The smallest absolute Gasteiger partial charge is 0.255 e. The first-order chi connectivity index (χ1) is 14.8. The van der Waals surface area contributed by atoms with Crippen molar-refractivity contribution in [3.05, 3.63) is 62.8 Å². The van der Waals surface area contributed by atoms with Gasteiger partial charge in [-0.1, -0.05) is 29.8 Å². The number of likely N-dealkylation sites (tertiary alicyclic amines) is 1. The van der Waals surface area contributed by atoms with Gasteiger partial charge < -0.3 is 9.88 Å². The summed E-state index contributed by atoms with van der Waals surface area (Å²) in [4.78, 5) is 34.8. The van der Waals surface area contributed by atoms with Crippen molar-refractivity contribution in [1.29, 1.82) is 0 Å². The Balaban J connectivity index is 1.46. The zero-order chi connectivity index (χ0) is 22.2. The molecule has 0 spiro atoms. The summed E-state index contributed by atoms with van der Waals surface area (Å²) in [6.45, 7) is 5.18. The highest BCUT2D eigenvalue weighted by Gasteiger charge is 2.32. The number of fused-ring (bicyclic) bond motifs is 1. The summed E-state index contributed by atoms with van der Waals surface area (Å²) in [7, 11) is -3.34. The highest BCUT2D eigenvalue weighted by Crippen LogP contribution is 2.26. The van der Waals surface area contributed by atoms with E-state index in [0.717, 1.165) is 17.5 Å². The monoisotopic (exact) mass is 444 g/mol. The number of rotatable bonds is 5. The predicted molar refractivity (Wildman–Crippen MR) is 117 cm³/mol. The first kappa shape index (κ1) is 21.7. The molecule has 166 valence electrons. The molecule has 1 aromatic heterocycles. The number of hydrogen-bond acceptors (Lipinski definition) is 5. The molecule has 2 aromatic rings. The molecule has 1 amide bonds. The van der Waals surface area contributed by atoms with E-state index < -0.39 is 10.0 Å². The van der Waals surface area contributed by atoms with Crippen molar-refractivity contribution >= 4 is 15.9 Å². The molecule has 8 nitrogen and oxygen atoms in total. The summed E-state index contributed by atoms with van der Waals surface area (Å²) in [6.07, 6.45) is 1.54. The molecule has 1 N–H and O–H groups in total. The van der Waals surface area contributed by atoms with Crippen LogP contribution in [-0.2, 0) is 34.2 Å². The summed E-state index contributed by atoms with van der Waals surface area (Å²) < 4.78 is 25.7. The van der Waals surface area contributed by atoms with Crippen LogP contribution in [0.4, 0.5) is 0 Å². The van der Waals surface area contributed by atoms with Crippen molar-refractivity contribution < 1.29 is 13.2 Å². The van der Waals surface area contributed by atoms with Crippen LogP contribution in [0.25, 0.3) is 0 Å². The Morgan fingerprint density at radius 1 is 1.29 bits per heavy atom. The molecule has 1 fully saturated rings. The van der Waals surface area contributed by atoms with E-state index in [1.54, 1.807) is 6.92 Å². The number of carbonyl (C=O) groups is 1. The molecule has 9 heteroatoms. The van der Waals surface area contributed by atoms with Gasteiger partial charge in [-0.15, -0.1) is 0 Å². The number of aromatic amines is 1. The Hall–Kier alpha value is -2.52. The molecule has 31 heavy (non-hydrogen) atoms. The quantitative estimate of drug-likeness (QED) is 0.750. The molecule has 0 saturated carbocycles. The van der Waals surface area contributed by atoms with Gasteiger partial charge in [-0.25, -0.2) is 13.4 Å². The van der Waals surface area contributed by atoms with E-state index in [4.69, 9.17) is 0 Å². The van der Waals surface area contributed by atoms with Crippen molar-refractivity contribution in [3.8, 4) is 0 Å². The summed E-state index contributed by atoms with van der Waals surface area (Å²) in [5.41, 5.74) is 2.95. The topological polar surface area (TPSA) is 103 Å². The normalized spacial score (nSPS) is 19.4. The number of H-pyrrole nitrogens is 1. The molecule has 2 aliphatic rings. The van der Waals surface area contributed by atoms with Crippen molar-refractivity contribution in [2.75, 3.05) is 25.4 Å². The zero-order valence-corrected chi connectivity index (χ0v) is 18.7. The highest BCUT2D eigenvalue weighted by atomic mass is 32.2. The summed E-state index contributed by atoms with van der Waals surface area (Å²) >= 11 is 0. The van der Waals surface area contributed by atoms with Gasteiger partial charge in [0.1, 0.15) is 5.82 Å². The van der Waals surface area contributed by atoms with Gasteiger partial charge in [0.25, 0.3) is 5.56 Å². The molecule has 2 aliphatic heterocycles. The second kappa shape index (κ2) is 8.55. The lowest BCUT2D eigenvalue weighted by Crippen LogP contribution is -2.40. The van der Waals surface area contributed by atoms with E-state index in [9.17, 15) is 18.0 Å². The Morgan fingerprint density at radius 2 is 2.10 bits per heavy atom. The van der Waals surface area contributed by atoms with Crippen LogP contribution in [0.1, 0.15) is 47.5 Å². The molecular weight excluding hydrogens is 416 g/mol. The molecule has 0 radical (unpaired) electrons. The first-order valence-corrected chi connectivity index (χ1v) is 12.3. The summed E-state index contributed by atoms with van der Waals surface area (Å²) in [6, 6.07) is 7.95. The van der Waals surface area contributed by atoms with Crippen LogP contribution in [0.5, 0.6) is 0 Å². The second-order valence-electron chi connectivity index (χ2n) is 8.35. The largest absolute Gasteiger partial charge is 0.342 e. The maximum absolute atomic E-state index is 12.7. The van der Waals surface area contributed by atoms with E-state index in [0.29, 0.717) is 49.6 Å². The van der Waals surface area contributed by atoms with Gasteiger partial charge in [-0.2, -0.15) is 4.31 Å². The number of nitrogens with zero attached hydrogens (tertiary/aromatic N) is 3. The Bertz CT molecular complexity index is 1160. The van der Waals surface area contributed by atoms with Gasteiger partial charge in [-0.3, -0.25) is 9.59 Å². The average Bonchev–Trinajstić information content (AvgIpc) is 3.24. The van der Waals surface area contributed by atoms with Crippen LogP contribution >= 0.6 is 0 Å². The maximum atomic E-state index is 12.7. The van der Waals surface area contributed by atoms with Crippen LogP contribution in [0, 0.1) is 6.92 Å². The SMILES string of the molecule is CCS(=O)(=O)N1CCc2nc([C@@H]3CCN(C(=O)Cc4cccc(C)c4)C3)[nH]c(=O)c2C1. The number of nitrogens with one attached hydrogen (secondary N) is 1. The van der Waals surface area contributed by atoms with Gasteiger partial charge in [0.2, 0.25) is 15.9 Å². The lowest BCUT2D eigenvalue weighted by molar-refractivity contribution is -0.129. The lowest BCUT2D eigenvalue weighted by atomic mass is 10.1. The molecule has 3 heterocycles. The van der Waals surface area contributed by atoms with E-state index in [1.807, 2.05) is 36.1 Å². The lowest BCUT2D eigenvalue weighted by Gasteiger charge is -2.27. The number of carbonyl (C=O) groups excluding carboxylic acids is 1. The fourth-order valence-corrected chi connectivity index (χ4v) is 5.41. The Labute approximate surface area is 182 Å². The van der Waals surface area contributed by atoms with Gasteiger partial charge in [0, 0.05) is 38.5 Å². The summed E-state index contributed by atoms with van der Waals surface area (Å²) in [5, 5.41) is 0. The number of sulfonamides is 1. The van der Waals surface area contributed by atoms with Crippen molar-refractivity contribution in [2.24, 2.45) is 0 Å². The van der Waals surface area contributed by atoms with Gasteiger partial charge in [0.05, 0.1) is 23.4 Å². The number of benzene rings is 1. The van der Waals surface area contributed by atoms with Crippen LogP contribution in [0.2, 0.25) is 0 Å². The van der Waals surface area contributed by atoms with E-state index in [1.165, 1.54) is 4.31 Å². The Kier molecular flexibility index (Phi) is 5.98. The van der Waals surface area contributed by atoms with Gasteiger partial charge >= 0.3 is 0 Å². The third-order valence-corrected chi connectivity index (χ3v) is 8.00.